The molecule has 4 rings (SSSR count). The van der Waals surface area contributed by atoms with Crippen molar-refractivity contribution in [1.82, 2.24) is 15.3 Å². The van der Waals surface area contributed by atoms with Gasteiger partial charge in [0, 0.05) is 38.4 Å². The highest BCUT2D eigenvalue weighted by Gasteiger charge is 2.20. The number of rotatable bonds is 6. The third kappa shape index (κ3) is 5.14. The largest absolute Gasteiger partial charge is 0.471 e. The van der Waals surface area contributed by atoms with Crippen molar-refractivity contribution in [1.29, 1.82) is 0 Å². The molecule has 0 aliphatic carbocycles. The number of nitrogens with zero attached hydrogens (tertiary/aromatic N) is 3. The molecule has 0 aromatic carbocycles. The first-order valence-corrected chi connectivity index (χ1v) is 10.0. The molecule has 29 heavy (non-hydrogen) atoms. The Bertz CT molecular complexity index is 837. The molecule has 9 heteroatoms. The number of ether oxygens (including phenoxy) is 3. The zero-order valence-corrected chi connectivity index (χ0v) is 16.7. The van der Waals surface area contributed by atoms with E-state index in [1.807, 2.05) is 12.1 Å². The Labute approximate surface area is 174 Å². The van der Waals surface area contributed by atoms with Crippen LogP contribution in [0, 0.1) is 0 Å². The van der Waals surface area contributed by atoms with Crippen LogP contribution in [0.1, 0.15) is 22.3 Å². The fourth-order valence-corrected chi connectivity index (χ4v) is 3.40. The lowest BCUT2D eigenvalue weighted by Gasteiger charge is -2.27. The van der Waals surface area contributed by atoms with Crippen LogP contribution in [0.4, 0.5) is 5.82 Å². The second-order valence-electron chi connectivity index (χ2n) is 6.92. The monoisotopic (exact) mass is 418 g/mol. The Morgan fingerprint density at radius 1 is 1.21 bits per heavy atom. The molecule has 2 saturated heterocycles. The third-order valence-electron chi connectivity index (χ3n) is 4.83. The highest BCUT2D eigenvalue weighted by molar-refractivity contribution is 6.32. The topological polar surface area (TPSA) is 85.8 Å². The summed E-state index contributed by atoms with van der Waals surface area (Å²) in [4.78, 5) is 23.3. The first-order valence-electron chi connectivity index (χ1n) is 9.65. The zero-order valence-electron chi connectivity index (χ0n) is 16.0. The molecule has 0 saturated carbocycles. The van der Waals surface area contributed by atoms with Crippen molar-refractivity contribution < 1.29 is 19.0 Å². The van der Waals surface area contributed by atoms with E-state index in [1.165, 1.54) is 6.20 Å². The number of hydrogen-bond acceptors (Lipinski definition) is 7. The summed E-state index contributed by atoms with van der Waals surface area (Å²) in [6.07, 6.45) is 3.99. The van der Waals surface area contributed by atoms with Gasteiger partial charge in [0.1, 0.15) is 16.9 Å². The van der Waals surface area contributed by atoms with Crippen molar-refractivity contribution in [2.75, 3.05) is 44.4 Å². The molecule has 2 fully saturated rings. The van der Waals surface area contributed by atoms with Gasteiger partial charge in [-0.25, -0.2) is 9.97 Å². The van der Waals surface area contributed by atoms with Crippen molar-refractivity contribution in [2.24, 2.45) is 0 Å². The fraction of sp³-hybridized carbons (Fsp3) is 0.450. The molecule has 8 nitrogen and oxygen atoms in total. The van der Waals surface area contributed by atoms with Gasteiger partial charge in [-0.15, -0.1) is 0 Å². The Morgan fingerprint density at radius 2 is 2.07 bits per heavy atom. The number of anilines is 1. The number of nitrogens with one attached hydrogen (secondary N) is 1. The van der Waals surface area contributed by atoms with E-state index < -0.39 is 0 Å². The van der Waals surface area contributed by atoms with Crippen LogP contribution in [0.5, 0.6) is 5.88 Å². The molecule has 154 valence electrons. The molecule has 1 N–H and O–H groups in total. The minimum absolute atomic E-state index is 0.0485. The quantitative estimate of drug-likeness (QED) is 0.768. The van der Waals surface area contributed by atoms with Gasteiger partial charge in [-0.3, -0.25) is 4.79 Å². The summed E-state index contributed by atoms with van der Waals surface area (Å²) in [6.45, 7) is 4.67. The lowest BCUT2D eigenvalue weighted by atomic mass is 10.2. The maximum absolute atomic E-state index is 12.4. The summed E-state index contributed by atoms with van der Waals surface area (Å²) in [5.41, 5.74) is 1.29. The molecule has 0 radical (unpaired) electrons. The first kappa shape index (κ1) is 19.9. The van der Waals surface area contributed by atoms with Crippen LogP contribution in [-0.4, -0.2) is 61.5 Å². The van der Waals surface area contributed by atoms with E-state index in [9.17, 15) is 4.79 Å². The van der Waals surface area contributed by atoms with Gasteiger partial charge >= 0.3 is 0 Å². The molecule has 2 aromatic heterocycles. The third-order valence-corrected chi connectivity index (χ3v) is 5.10. The molecule has 0 bridgehead atoms. The lowest BCUT2D eigenvalue weighted by Crippen LogP contribution is -2.36. The fourth-order valence-electron chi connectivity index (χ4n) is 3.19. The number of halogens is 1. The van der Waals surface area contributed by atoms with Crippen LogP contribution in [0.3, 0.4) is 0 Å². The molecule has 1 amide bonds. The van der Waals surface area contributed by atoms with E-state index in [2.05, 4.69) is 20.2 Å². The van der Waals surface area contributed by atoms with Gasteiger partial charge in [0.2, 0.25) is 5.88 Å². The molecule has 1 atom stereocenters. The molecule has 4 heterocycles. The highest BCUT2D eigenvalue weighted by atomic mass is 35.5. The smallest absolute Gasteiger partial charge is 0.253 e. The van der Waals surface area contributed by atoms with Crippen LogP contribution < -0.4 is 15.0 Å². The minimum atomic E-state index is -0.257. The second kappa shape index (κ2) is 9.39. The SMILES string of the molecule is O=C(NCc1ccc(N2CCOCC2)nc1)c1cnc(OC2CCOC2)c(Cl)c1. The van der Waals surface area contributed by atoms with Gasteiger partial charge in [0.05, 0.1) is 32.0 Å². The van der Waals surface area contributed by atoms with Gasteiger partial charge in [0.25, 0.3) is 5.91 Å². The second-order valence-corrected chi connectivity index (χ2v) is 7.33. The Hall–Kier alpha value is -2.42. The average molecular weight is 419 g/mol. The normalized spacial score (nSPS) is 19.2. The number of carbonyl (C=O) groups excluding carboxylic acids is 1. The lowest BCUT2D eigenvalue weighted by molar-refractivity contribution is 0.0950. The van der Waals surface area contributed by atoms with E-state index in [4.69, 9.17) is 25.8 Å². The van der Waals surface area contributed by atoms with Gasteiger partial charge in [0.15, 0.2) is 0 Å². The average Bonchev–Trinajstić information content (AvgIpc) is 3.28. The van der Waals surface area contributed by atoms with Gasteiger partial charge in [-0.1, -0.05) is 17.7 Å². The molecule has 2 aliphatic rings. The summed E-state index contributed by atoms with van der Waals surface area (Å²) in [5.74, 6) is 0.983. The van der Waals surface area contributed by atoms with E-state index in [0.29, 0.717) is 49.4 Å². The number of aromatic nitrogens is 2. The molecular formula is C20H23ClN4O4. The summed E-state index contributed by atoms with van der Waals surface area (Å²) in [5, 5.41) is 3.17. The summed E-state index contributed by atoms with van der Waals surface area (Å²) < 4.78 is 16.3. The van der Waals surface area contributed by atoms with E-state index in [1.54, 1.807) is 12.3 Å². The van der Waals surface area contributed by atoms with E-state index in [-0.39, 0.29) is 12.0 Å². The van der Waals surface area contributed by atoms with Gasteiger partial charge in [-0.2, -0.15) is 0 Å². The number of carbonyl (C=O) groups is 1. The Kier molecular flexibility index (Phi) is 6.43. The predicted octanol–water partition coefficient (Wildman–Crippen LogP) is 2.06. The zero-order chi connectivity index (χ0) is 20.1. The number of pyridine rings is 2. The summed E-state index contributed by atoms with van der Waals surface area (Å²) in [7, 11) is 0. The number of amides is 1. The summed E-state index contributed by atoms with van der Waals surface area (Å²) in [6, 6.07) is 5.49. The van der Waals surface area contributed by atoms with E-state index >= 15 is 0 Å². The van der Waals surface area contributed by atoms with Crippen LogP contribution in [0.15, 0.2) is 30.6 Å². The molecule has 2 aliphatic heterocycles. The predicted molar refractivity (Wildman–Crippen MR) is 108 cm³/mol. The number of morpholine rings is 1. The maximum Gasteiger partial charge on any atom is 0.253 e. The molecular weight excluding hydrogens is 396 g/mol. The minimum Gasteiger partial charge on any atom is -0.471 e. The Balaban J connectivity index is 1.31. The van der Waals surface area contributed by atoms with Gasteiger partial charge < -0.3 is 24.4 Å². The van der Waals surface area contributed by atoms with Crippen molar-refractivity contribution in [2.45, 2.75) is 19.1 Å². The van der Waals surface area contributed by atoms with Crippen molar-refractivity contribution in [3.05, 3.63) is 46.7 Å². The van der Waals surface area contributed by atoms with Crippen LogP contribution in [0.2, 0.25) is 5.02 Å². The van der Waals surface area contributed by atoms with Crippen molar-refractivity contribution >= 4 is 23.3 Å². The molecule has 2 aromatic rings. The highest BCUT2D eigenvalue weighted by Crippen LogP contribution is 2.25. The van der Waals surface area contributed by atoms with E-state index in [0.717, 1.165) is 30.9 Å². The number of hydrogen-bond donors (Lipinski definition) is 1. The van der Waals surface area contributed by atoms with Gasteiger partial charge in [-0.05, 0) is 17.7 Å². The summed E-state index contributed by atoms with van der Waals surface area (Å²) >= 11 is 6.23. The van der Waals surface area contributed by atoms with Crippen LogP contribution in [-0.2, 0) is 16.0 Å². The van der Waals surface area contributed by atoms with Crippen LogP contribution in [0.25, 0.3) is 0 Å². The Morgan fingerprint density at radius 3 is 2.76 bits per heavy atom. The van der Waals surface area contributed by atoms with Crippen molar-refractivity contribution in [3.63, 3.8) is 0 Å². The standard InChI is InChI=1S/C20H23ClN4O4/c21-17-9-15(12-24-20(17)29-16-3-6-28-13-16)19(26)23-11-14-1-2-18(22-10-14)25-4-7-27-8-5-25/h1-2,9-10,12,16H,3-8,11,13H2,(H,23,26). The molecule has 1 unspecified atom stereocenters. The van der Waals surface area contributed by atoms with Crippen molar-refractivity contribution in [3.8, 4) is 5.88 Å². The van der Waals surface area contributed by atoms with Crippen LogP contribution >= 0.6 is 11.6 Å². The first-order chi connectivity index (χ1) is 14.2. The molecule has 0 spiro atoms. The maximum atomic E-state index is 12.4.